The van der Waals surface area contributed by atoms with E-state index in [4.69, 9.17) is 14.5 Å². The third-order valence-corrected chi connectivity index (χ3v) is 4.36. The lowest BCUT2D eigenvalue weighted by molar-refractivity contribution is 0.355. The molecule has 136 valence electrons. The maximum Gasteiger partial charge on any atom is 0.161 e. The number of pyridine rings is 1. The Morgan fingerprint density at radius 2 is 1.70 bits per heavy atom. The number of methoxy groups -OCH3 is 2. The van der Waals surface area contributed by atoms with Gasteiger partial charge in [-0.05, 0) is 36.6 Å². The summed E-state index contributed by atoms with van der Waals surface area (Å²) in [5.74, 6) is 2.81. The van der Waals surface area contributed by atoms with Gasteiger partial charge >= 0.3 is 0 Å². The summed E-state index contributed by atoms with van der Waals surface area (Å²) in [7, 11) is 3.26. The average molecular weight is 360 g/mol. The molecule has 0 saturated carbocycles. The van der Waals surface area contributed by atoms with Crippen molar-refractivity contribution in [2.75, 3.05) is 19.5 Å². The fourth-order valence-electron chi connectivity index (χ4n) is 3.08. The Labute approximate surface area is 157 Å². The first-order chi connectivity index (χ1) is 13.2. The number of aromatic amines is 1. The first-order valence-electron chi connectivity index (χ1n) is 8.59. The minimum atomic E-state index is 0.669. The number of nitrogens with zero attached hydrogens (tertiary/aromatic N) is 2. The molecule has 27 heavy (non-hydrogen) atoms. The van der Waals surface area contributed by atoms with E-state index in [-0.39, 0.29) is 0 Å². The molecule has 0 bridgehead atoms. The first-order valence-corrected chi connectivity index (χ1v) is 8.59. The van der Waals surface area contributed by atoms with E-state index in [0.29, 0.717) is 11.5 Å². The van der Waals surface area contributed by atoms with E-state index in [1.54, 1.807) is 14.2 Å². The van der Waals surface area contributed by atoms with Crippen LogP contribution in [0.2, 0.25) is 0 Å². The van der Waals surface area contributed by atoms with Crippen LogP contribution in [0.15, 0.2) is 54.6 Å². The standard InChI is InChI=1S/C21H20N4O2/c1-13-10-20(25-24-13)22-19-12-14-6-4-5-7-16(14)21(23-19)15-8-9-17(26-2)18(11-15)27-3/h4-12H,1-3H3,(H2,22,23,24,25). The molecule has 0 spiro atoms. The molecule has 2 N–H and O–H groups in total. The van der Waals surface area contributed by atoms with Crippen molar-refractivity contribution in [3.63, 3.8) is 0 Å². The van der Waals surface area contributed by atoms with Crippen LogP contribution in [0.5, 0.6) is 11.5 Å². The SMILES string of the molecule is COc1ccc(-c2nc(Nc3cc(C)[nH]n3)cc3ccccc23)cc1OC. The van der Waals surface area contributed by atoms with Gasteiger partial charge in [0, 0.05) is 22.7 Å². The third-order valence-electron chi connectivity index (χ3n) is 4.36. The molecule has 0 fully saturated rings. The molecule has 2 heterocycles. The van der Waals surface area contributed by atoms with Crippen LogP contribution in [-0.2, 0) is 0 Å². The number of ether oxygens (including phenoxy) is 2. The highest BCUT2D eigenvalue weighted by Crippen LogP contribution is 2.35. The molecule has 2 aromatic heterocycles. The van der Waals surface area contributed by atoms with Gasteiger partial charge in [-0.25, -0.2) is 4.98 Å². The molecule has 2 aromatic carbocycles. The summed E-state index contributed by atoms with van der Waals surface area (Å²) in [4.78, 5) is 4.85. The number of hydrogen-bond donors (Lipinski definition) is 2. The number of H-pyrrole nitrogens is 1. The maximum absolute atomic E-state index is 5.46. The molecule has 0 saturated heterocycles. The molecular formula is C21H20N4O2. The quantitative estimate of drug-likeness (QED) is 0.540. The highest BCUT2D eigenvalue weighted by Gasteiger charge is 2.12. The predicted molar refractivity (Wildman–Crippen MR) is 107 cm³/mol. The Kier molecular flexibility index (Phi) is 4.38. The fraction of sp³-hybridized carbons (Fsp3) is 0.143. The first kappa shape index (κ1) is 16.9. The van der Waals surface area contributed by atoms with E-state index in [1.165, 1.54) is 0 Å². The van der Waals surface area contributed by atoms with Crippen molar-refractivity contribution in [3.8, 4) is 22.8 Å². The van der Waals surface area contributed by atoms with Gasteiger partial charge in [0.15, 0.2) is 17.3 Å². The summed E-state index contributed by atoms with van der Waals surface area (Å²) >= 11 is 0. The van der Waals surface area contributed by atoms with Crippen LogP contribution in [0.25, 0.3) is 22.0 Å². The van der Waals surface area contributed by atoms with Gasteiger partial charge in [-0.2, -0.15) is 5.10 Å². The molecular weight excluding hydrogens is 340 g/mol. The third kappa shape index (κ3) is 3.29. The summed E-state index contributed by atoms with van der Waals surface area (Å²) < 4.78 is 10.8. The Morgan fingerprint density at radius 1 is 0.889 bits per heavy atom. The van der Waals surface area contributed by atoms with Crippen LogP contribution in [0.1, 0.15) is 5.69 Å². The molecule has 0 aliphatic carbocycles. The molecule has 0 unspecified atom stereocenters. The second-order valence-corrected chi connectivity index (χ2v) is 6.21. The van der Waals surface area contributed by atoms with Gasteiger partial charge in [0.25, 0.3) is 0 Å². The summed E-state index contributed by atoms with van der Waals surface area (Å²) in [6, 6.07) is 17.9. The van der Waals surface area contributed by atoms with E-state index >= 15 is 0 Å². The molecule has 0 atom stereocenters. The van der Waals surface area contributed by atoms with Gasteiger partial charge < -0.3 is 14.8 Å². The summed E-state index contributed by atoms with van der Waals surface area (Å²) in [5.41, 5.74) is 2.80. The molecule has 0 amide bonds. The summed E-state index contributed by atoms with van der Waals surface area (Å²) in [5, 5.41) is 12.6. The van der Waals surface area contributed by atoms with Crippen molar-refractivity contribution in [1.82, 2.24) is 15.2 Å². The minimum Gasteiger partial charge on any atom is -0.493 e. The highest BCUT2D eigenvalue weighted by atomic mass is 16.5. The number of benzene rings is 2. The monoisotopic (exact) mass is 360 g/mol. The van der Waals surface area contributed by atoms with Crippen molar-refractivity contribution in [2.45, 2.75) is 6.92 Å². The maximum atomic E-state index is 5.46. The van der Waals surface area contributed by atoms with Crippen molar-refractivity contribution in [2.24, 2.45) is 0 Å². The van der Waals surface area contributed by atoms with Crippen molar-refractivity contribution >= 4 is 22.4 Å². The zero-order valence-electron chi connectivity index (χ0n) is 15.4. The van der Waals surface area contributed by atoms with Gasteiger partial charge in [0.05, 0.1) is 19.9 Å². The number of nitrogens with one attached hydrogen (secondary N) is 2. The molecule has 0 aliphatic heterocycles. The van der Waals surface area contributed by atoms with Crippen LogP contribution < -0.4 is 14.8 Å². The Bertz CT molecular complexity index is 1100. The van der Waals surface area contributed by atoms with Gasteiger partial charge in [-0.3, -0.25) is 5.10 Å². The van der Waals surface area contributed by atoms with Crippen molar-refractivity contribution in [1.29, 1.82) is 0 Å². The zero-order chi connectivity index (χ0) is 18.8. The normalized spacial score (nSPS) is 10.8. The van der Waals surface area contributed by atoms with Crippen LogP contribution in [0, 0.1) is 6.92 Å². The smallest absolute Gasteiger partial charge is 0.161 e. The number of aryl methyl sites for hydroxylation is 1. The Balaban J connectivity index is 1.85. The molecule has 4 rings (SSSR count). The fourth-order valence-corrected chi connectivity index (χ4v) is 3.08. The van der Waals surface area contributed by atoms with Crippen LogP contribution in [-0.4, -0.2) is 29.4 Å². The topological polar surface area (TPSA) is 72.1 Å². The van der Waals surface area contributed by atoms with E-state index in [2.05, 4.69) is 27.6 Å². The van der Waals surface area contributed by atoms with Gasteiger partial charge in [-0.15, -0.1) is 0 Å². The predicted octanol–water partition coefficient (Wildman–Crippen LogP) is 4.69. The molecule has 0 aliphatic rings. The second kappa shape index (κ2) is 6.99. The van der Waals surface area contributed by atoms with E-state index < -0.39 is 0 Å². The number of hydrogen-bond acceptors (Lipinski definition) is 5. The second-order valence-electron chi connectivity index (χ2n) is 6.21. The van der Waals surface area contributed by atoms with Crippen LogP contribution >= 0.6 is 0 Å². The van der Waals surface area contributed by atoms with Gasteiger partial charge in [0.2, 0.25) is 0 Å². The Hall–Kier alpha value is -3.54. The van der Waals surface area contributed by atoms with Crippen molar-refractivity contribution < 1.29 is 9.47 Å². The number of anilines is 2. The van der Waals surface area contributed by atoms with Gasteiger partial charge in [0.1, 0.15) is 5.82 Å². The summed E-state index contributed by atoms with van der Waals surface area (Å²) in [6.45, 7) is 1.96. The average Bonchev–Trinajstić information content (AvgIpc) is 3.11. The van der Waals surface area contributed by atoms with E-state index in [9.17, 15) is 0 Å². The largest absolute Gasteiger partial charge is 0.493 e. The zero-order valence-corrected chi connectivity index (χ0v) is 15.4. The Morgan fingerprint density at radius 3 is 2.44 bits per heavy atom. The van der Waals surface area contributed by atoms with Crippen LogP contribution in [0.3, 0.4) is 0 Å². The van der Waals surface area contributed by atoms with Crippen LogP contribution in [0.4, 0.5) is 11.6 Å². The molecule has 6 nitrogen and oxygen atoms in total. The lowest BCUT2D eigenvalue weighted by atomic mass is 10.0. The van der Waals surface area contributed by atoms with E-state index in [1.807, 2.05) is 49.4 Å². The molecule has 4 aromatic rings. The summed E-state index contributed by atoms with van der Waals surface area (Å²) in [6.07, 6.45) is 0. The lowest BCUT2D eigenvalue weighted by Gasteiger charge is -2.13. The number of rotatable bonds is 5. The molecule has 0 radical (unpaired) electrons. The number of fused-ring (bicyclic) bond motifs is 1. The minimum absolute atomic E-state index is 0.669. The lowest BCUT2D eigenvalue weighted by Crippen LogP contribution is -1.97. The highest BCUT2D eigenvalue weighted by molar-refractivity contribution is 5.96. The van der Waals surface area contributed by atoms with Crippen molar-refractivity contribution in [3.05, 3.63) is 60.3 Å². The molecule has 6 heteroatoms. The van der Waals surface area contributed by atoms with Gasteiger partial charge in [-0.1, -0.05) is 24.3 Å². The number of aromatic nitrogens is 3. The van der Waals surface area contributed by atoms with E-state index in [0.717, 1.165) is 39.4 Å².